The SMILES string of the molecule is COC(=O)CC(C)(C)c1ccc(N(CC(C)C)C2CCCCC2)c(N)c1. The van der Waals surface area contributed by atoms with E-state index in [4.69, 9.17) is 10.5 Å². The smallest absolute Gasteiger partial charge is 0.306 e. The number of hydrogen-bond donors (Lipinski definition) is 1. The first kappa shape index (κ1) is 20.6. The van der Waals surface area contributed by atoms with Gasteiger partial charge in [-0.1, -0.05) is 53.0 Å². The van der Waals surface area contributed by atoms with E-state index in [2.05, 4.69) is 50.8 Å². The summed E-state index contributed by atoms with van der Waals surface area (Å²) in [5, 5.41) is 0. The van der Waals surface area contributed by atoms with Gasteiger partial charge in [0.2, 0.25) is 0 Å². The van der Waals surface area contributed by atoms with Crippen LogP contribution in [0, 0.1) is 5.92 Å². The zero-order valence-corrected chi connectivity index (χ0v) is 17.2. The maximum absolute atomic E-state index is 11.7. The Kier molecular flexibility index (Phi) is 6.96. The molecule has 0 radical (unpaired) electrons. The van der Waals surface area contributed by atoms with Crippen LogP contribution >= 0.6 is 0 Å². The summed E-state index contributed by atoms with van der Waals surface area (Å²) in [6, 6.07) is 6.92. The molecule has 0 unspecified atom stereocenters. The lowest BCUT2D eigenvalue weighted by Crippen LogP contribution is -2.39. The van der Waals surface area contributed by atoms with Crippen molar-refractivity contribution < 1.29 is 9.53 Å². The summed E-state index contributed by atoms with van der Waals surface area (Å²) in [5.41, 5.74) is 9.24. The summed E-state index contributed by atoms with van der Waals surface area (Å²) in [7, 11) is 1.43. The van der Waals surface area contributed by atoms with Crippen LogP contribution in [0.5, 0.6) is 0 Å². The van der Waals surface area contributed by atoms with E-state index < -0.39 is 0 Å². The molecule has 2 rings (SSSR count). The molecule has 0 bridgehead atoms. The highest BCUT2D eigenvalue weighted by Gasteiger charge is 2.27. The monoisotopic (exact) mass is 360 g/mol. The number of anilines is 2. The van der Waals surface area contributed by atoms with Crippen molar-refractivity contribution in [2.24, 2.45) is 5.92 Å². The summed E-state index contributed by atoms with van der Waals surface area (Å²) >= 11 is 0. The van der Waals surface area contributed by atoms with Crippen molar-refractivity contribution in [3.8, 4) is 0 Å². The van der Waals surface area contributed by atoms with Gasteiger partial charge in [0.15, 0.2) is 0 Å². The molecule has 26 heavy (non-hydrogen) atoms. The van der Waals surface area contributed by atoms with Crippen LogP contribution in [-0.2, 0) is 14.9 Å². The van der Waals surface area contributed by atoms with Crippen LogP contribution in [0.4, 0.5) is 11.4 Å². The lowest BCUT2D eigenvalue weighted by atomic mass is 9.81. The van der Waals surface area contributed by atoms with E-state index in [1.807, 2.05) is 0 Å². The fourth-order valence-electron chi connectivity index (χ4n) is 4.00. The van der Waals surface area contributed by atoms with Gasteiger partial charge in [-0.2, -0.15) is 0 Å². The number of carbonyl (C=O) groups is 1. The molecule has 146 valence electrons. The fraction of sp³-hybridized carbons (Fsp3) is 0.682. The number of carbonyl (C=O) groups excluding carboxylic acids is 1. The second kappa shape index (κ2) is 8.79. The Morgan fingerprint density at radius 1 is 1.27 bits per heavy atom. The van der Waals surface area contributed by atoms with Crippen molar-refractivity contribution in [2.45, 2.75) is 77.7 Å². The number of rotatable bonds is 7. The van der Waals surface area contributed by atoms with E-state index in [0.29, 0.717) is 18.4 Å². The van der Waals surface area contributed by atoms with Crippen molar-refractivity contribution >= 4 is 17.3 Å². The van der Waals surface area contributed by atoms with Crippen molar-refractivity contribution in [1.29, 1.82) is 0 Å². The molecule has 1 fully saturated rings. The fourth-order valence-corrected chi connectivity index (χ4v) is 4.00. The van der Waals surface area contributed by atoms with Crippen LogP contribution in [0.15, 0.2) is 18.2 Å². The molecule has 4 heteroatoms. The highest BCUT2D eigenvalue weighted by atomic mass is 16.5. The van der Waals surface area contributed by atoms with Crippen LogP contribution in [-0.4, -0.2) is 25.7 Å². The Morgan fingerprint density at radius 3 is 2.46 bits per heavy atom. The minimum absolute atomic E-state index is 0.193. The van der Waals surface area contributed by atoms with Gasteiger partial charge in [-0.15, -0.1) is 0 Å². The zero-order chi connectivity index (χ0) is 19.3. The molecule has 1 aliphatic rings. The first-order valence-electron chi connectivity index (χ1n) is 9.98. The summed E-state index contributed by atoms with van der Waals surface area (Å²) in [4.78, 5) is 14.3. The highest BCUT2D eigenvalue weighted by Crippen LogP contribution is 2.36. The van der Waals surface area contributed by atoms with Gasteiger partial charge < -0.3 is 15.4 Å². The van der Waals surface area contributed by atoms with Gasteiger partial charge in [0.05, 0.1) is 24.9 Å². The average molecular weight is 361 g/mol. The summed E-state index contributed by atoms with van der Waals surface area (Å²) < 4.78 is 4.84. The van der Waals surface area contributed by atoms with Crippen LogP contribution in [0.2, 0.25) is 0 Å². The first-order chi connectivity index (χ1) is 12.2. The number of nitrogen functional groups attached to an aromatic ring is 1. The Bertz CT molecular complexity index is 604. The molecule has 4 nitrogen and oxygen atoms in total. The van der Waals surface area contributed by atoms with Gasteiger partial charge in [0.1, 0.15) is 0 Å². The quantitative estimate of drug-likeness (QED) is 0.555. The van der Waals surface area contributed by atoms with E-state index in [-0.39, 0.29) is 11.4 Å². The zero-order valence-electron chi connectivity index (χ0n) is 17.2. The van der Waals surface area contributed by atoms with Crippen molar-refractivity contribution in [1.82, 2.24) is 0 Å². The van der Waals surface area contributed by atoms with E-state index >= 15 is 0 Å². The van der Waals surface area contributed by atoms with Gasteiger partial charge in [0.25, 0.3) is 0 Å². The number of nitrogens with zero attached hydrogens (tertiary/aromatic N) is 1. The molecule has 0 aliphatic heterocycles. The topological polar surface area (TPSA) is 55.6 Å². The molecule has 0 aromatic heterocycles. The predicted molar refractivity (Wildman–Crippen MR) is 110 cm³/mol. The molecule has 1 saturated carbocycles. The molecule has 0 atom stereocenters. The Labute approximate surface area is 159 Å². The number of nitrogens with two attached hydrogens (primary N) is 1. The van der Waals surface area contributed by atoms with Crippen molar-refractivity contribution in [3.05, 3.63) is 23.8 Å². The molecular weight excluding hydrogens is 324 g/mol. The first-order valence-corrected chi connectivity index (χ1v) is 9.98. The molecule has 0 saturated heterocycles. The standard InChI is InChI=1S/C22H36N2O2/c1-16(2)15-24(18-9-7-6-8-10-18)20-12-11-17(13-19(20)23)22(3,4)14-21(25)26-5/h11-13,16,18H,6-10,14-15,23H2,1-5H3. The number of ether oxygens (including phenoxy) is 1. The minimum atomic E-state index is -0.298. The third-order valence-corrected chi connectivity index (χ3v) is 5.51. The normalized spacial score (nSPS) is 15.9. The highest BCUT2D eigenvalue weighted by molar-refractivity contribution is 5.73. The molecule has 2 N–H and O–H groups in total. The Balaban J connectivity index is 2.28. The van der Waals surface area contributed by atoms with Gasteiger partial charge in [-0.25, -0.2) is 0 Å². The summed E-state index contributed by atoms with van der Waals surface area (Å²) in [6.07, 6.45) is 6.82. The lowest BCUT2D eigenvalue weighted by molar-refractivity contribution is -0.141. The Morgan fingerprint density at radius 2 is 1.92 bits per heavy atom. The molecule has 1 aromatic rings. The average Bonchev–Trinajstić information content (AvgIpc) is 2.60. The number of methoxy groups -OCH3 is 1. The number of esters is 1. The second-order valence-corrected chi connectivity index (χ2v) is 8.75. The van der Waals surface area contributed by atoms with E-state index in [0.717, 1.165) is 23.5 Å². The largest absolute Gasteiger partial charge is 0.469 e. The van der Waals surface area contributed by atoms with Crippen LogP contribution in [0.3, 0.4) is 0 Å². The van der Waals surface area contributed by atoms with Gasteiger partial charge >= 0.3 is 5.97 Å². The second-order valence-electron chi connectivity index (χ2n) is 8.75. The van der Waals surface area contributed by atoms with Crippen molar-refractivity contribution in [3.63, 3.8) is 0 Å². The molecule has 0 heterocycles. The lowest BCUT2D eigenvalue weighted by Gasteiger charge is -2.38. The van der Waals surface area contributed by atoms with Gasteiger partial charge in [0, 0.05) is 18.0 Å². The molecular formula is C22H36N2O2. The maximum Gasteiger partial charge on any atom is 0.306 e. The van der Waals surface area contributed by atoms with E-state index in [1.165, 1.54) is 39.2 Å². The predicted octanol–water partition coefficient (Wildman–Crippen LogP) is 4.90. The van der Waals surface area contributed by atoms with Crippen LogP contribution < -0.4 is 10.6 Å². The Hall–Kier alpha value is -1.71. The number of benzene rings is 1. The maximum atomic E-state index is 11.7. The van der Waals surface area contributed by atoms with Crippen LogP contribution in [0.1, 0.15) is 71.8 Å². The van der Waals surface area contributed by atoms with Crippen molar-refractivity contribution in [2.75, 3.05) is 24.3 Å². The minimum Gasteiger partial charge on any atom is -0.469 e. The summed E-state index contributed by atoms with van der Waals surface area (Å²) in [5.74, 6) is 0.396. The molecule has 0 spiro atoms. The van der Waals surface area contributed by atoms with Gasteiger partial charge in [-0.05, 0) is 36.5 Å². The van der Waals surface area contributed by atoms with Crippen LogP contribution in [0.25, 0.3) is 0 Å². The third kappa shape index (κ3) is 5.15. The third-order valence-electron chi connectivity index (χ3n) is 5.51. The van der Waals surface area contributed by atoms with Gasteiger partial charge in [-0.3, -0.25) is 4.79 Å². The molecule has 1 aliphatic carbocycles. The molecule has 1 aromatic carbocycles. The summed E-state index contributed by atoms with van der Waals surface area (Å²) in [6.45, 7) is 9.68. The van der Waals surface area contributed by atoms with E-state index in [1.54, 1.807) is 0 Å². The van der Waals surface area contributed by atoms with E-state index in [9.17, 15) is 4.79 Å². The number of hydrogen-bond acceptors (Lipinski definition) is 4. The molecule has 0 amide bonds.